The maximum Gasteiger partial charge on any atom is 0.255 e. The molecule has 0 aliphatic rings. The number of hydrogen-bond donors (Lipinski definition) is 2. The molecule has 3 N–H and O–H groups in total. The molecule has 0 unspecified atom stereocenters. The van der Waals surface area contributed by atoms with Gasteiger partial charge in [-0.25, -0.2) is 0 Å². The fourth-order valence-corrected chi connectivity index (χ4v) is 2.15. The van der Waals surface area contributed by atoms with Crippen LogP contribution in [-0.2, 0) is 0 Å². The van der Waals surface area contributed by atoms with Gasteiger partial charge in [0.25, 0.3) is 5.91 Å². The third-order valence-corrected chi connectivity index (χ3v) is 3.55. The van der Waals surface area contributed by atoms with Gasteiger partial charge in [-0.3, -0.25) is 4.79 Å². The number of carbonyl (C=O) groups excluding carboxylic acids is 1. The van der Waals surface area contributed by atoms with Crippen LogP contribution in [0.4, 0.5) is 11.4 Å². The number of halogens is 1. The van der Waals surface area contributed by atoms with Crippen LogP contribution in [0.2, 0.25) is 0 Å². The zero-order valence-corrected chi connectivity index (χ0v) is 12.5. The Bertz CT molecular complexity index is 614. The first-order chi connectivity index (χ1) is 9.11. The molecule has 0 spiro atoms. The van der Waals surface area contributed by atoms with Crippen molar-refractivity contribution in [1.29, 1.82) is 0 Å². The Balaban J connectivity index is 2.21. The minimum absolute atomic E-state index is 0.196. The summed E-state index contributed by atoms with van der Waals surface area (Å²) in [6.07, 6.45) is 0. The highest BCUT2D eigenvalue weighted by atomic mass is 127. The van der Waals surface area contributed by atoms with E-state index in [0.29, 0.717) is 17.0 Å². The number of ether oxygens (including phenoxy) is 1. The molecule has 2 aromatic rings. The summed E-state index contributed by atoms with van der Waals surface area (Å²) < 4.78 is 6.04. The lowest BCUT2D eigenvalue weighted by Crippen LogP contribution is -2.13. The van der Waals surface area contributed by atoms with Gasteiger partial charge in [-0.15, -0.1) is 0 Å². The Morgan fingerprint density at radius 3 is 2.63 bits per heavy atom. The number of carbonyl (C=O) groups is 1. The molecule has 0 radical (unpaired) electrons. The van der Waals surface area contributed by atoms with Crippen molar-refractivity contribution in [2.24, 2.45) is 0 Å². The predicted molar refractivity (Wildman–Crippen MR) is 84.5 cm³/mol. The first-order valence-corrected chi connectivity index (χ1v) is 6.69. The second-order valence-corrected chi connectivity index (χ2v) is 5.05. The molecule has 0 aliphatic carbocycles. The number of hydrogen-bond acceptors (Lipinski definition) is 3. The van der Waals surface area contributed by atoms with Gasteiger partial charge in [0.1, 0.15) is 5.75 Å². The van der Waals surface area contributed by atoms with Gasteiger partial charge in [0.15, 0.2) is 0 Å². The maximum atomic E-state index is 12.1. The topological polar surface area (TPSA) is 64.3 Å². The van der Waals surface area contributed by atoms with Gasteiger partial charge in [-0.2, -0.15) is 0 Å². The lowest BCUT2D eigenvalue weighted by molar-refractivity contribution is 0.102. The second-order valence-electron chi connectivity index (χ2n) is 3.89. The van der Waals surface area contributed by atoms with Crippen molar-refractivity contribution in [2.45, 2.75) is 0 Å². The van der Waals surface area contributed by atoms with E-state index in [9.17, 15) is 4.79 Å². The Morgan fingerprint density at radius 1 is 1.26 bits per heavy atom. The zero-order chi connectivity index (χ0) is 13.8. The van der Waals surface area contributed by atoms with Crippen LogP contribution in [0.3, 0.4) is 0 Å². The SMILES string of the molecule is COc1ccc(C(=O)Nc2ccccc2I)cc1N. The van der Waals surface area contributed by atoms with Gasteiger partial charge in [-0.1, -0.05) is 12.1 Å². The minimum atomic E-state index is -0.196. The Morgan fingerprint density at radius 2 is 2.00 bits per heavy atom. The fraction of sp³-hybridized carbons (Fsp3) is 0.0714. The van der Waals surface area contributed by atoms with Crippen LogP contribution in [0, 0.1) is 3.57 Å². The highest BCUT2D eigenvalue weighted by Crippen LogP contribution is 2.23. The molecule has 4 nitrogen and oxygen atoms in total. The monoisotopic (exact) mass is 368 g/mol. The minimum Gasteiger partial charge on any atom is -0.495 e. The molecule has 0 saturated heterocycles. The molecule has 1 amide bonds. The number of nitrogen functional groups attached to an aromatic ring is 1. The molecule has 2 aromatic carbocycles. The second kappa shape index (κ2) is 5.92. The molecule has 0 atom stereocenters. The number of nitrogens with two attached hydrogens (primary N) is 1. The van der Waals surface area contributed by atoms with E-state index in [-0.39, 0.29) is 5.91 Å². The number of benzene rings is 2. The summed E-state index contributed by atoms with van der Waals surface area (Å²) in [5, 5.41) is 2.85. The largest absolute Gasteiger partial charge is 0.495 e. The third kappa shape index (κ3) is 3.17. The Labute approximate surface area is 125 Å². The lowest BCUT2D eigenvalue weighted by Gasteiger charge is -2.09. The standard InChI is InChI=1S/C14H13IN2O2/c1-19-13-7-6-9(8-11(13)16)14(18)17-12-5-3-2-4-10(12)15/h2-8H,16H2,1H3,(H,17,18). The van der Waals surface area contributed by atoms with Crippen molar-refractivity contribution in [3.63, 3.8) is 0 Å². The van der Waals surface area contributed by atoms with Crippen molar-refractivity contribution in [3.05, 3.63) is 51.6 Å². The molecule has 98 valence electrons. The molecule has 5 heteroatoms. The number of methoxy groups -OCH3 is 1. The average molecular weight is 368 g/mol. The lowest BCUT2D eigenvalue weighted by atomic mass is 10.1. The normalized spacial score (nSPS) is 10.0. The van der Waals surface area contributed by atoms with E-state index in [1.807, 2.05) is 24.3 Å². The van der Waals surface area contributed by atoms with Crippen molar-refractivity contribution < 1.29 is 9.53 Å². The highest BCUT2D eigenvalue weighted by Gasteiger charge is 2.10. The first kappa shape index (κ1) is 13.7. The van der Waals surface area contributed by atoms with E-state index in [0.717, 1.165) is 9.26 Å². The number of para-hydroxylation sites is 1. The van der Waals surface area contributed by atoms with Gasteiger partial charge < -0.3 is 15.8 Å². The Hall–Kier alpha value is -1.76. The third-order valence-electron chi connectivity index (χ3n) is 2.61. The van der Waals surface area contributed by atoms with Gasteiger partial charge in [-0.05, 0) is 52.9 Å². The average Bonchev–Trinajstić information content (AvgIpc) is 2.41. The van der Waals surface area contributed by atoms with Crippen molar-refractivity contribution in [2.75, 3.05) is 18.2 Å². The van der Waals surface area contributed by atoms with E-state index < -0.39 is 0 Å². The van der Waals surface area contributed by atoms with Crippen LogP contribution in [0.25, 0.3) is 0 Å². The molecular formula is C14H13IN2O2. The van der Waals surface area contributed by atoms with E-state index in [1.54, 1.807) is 18.2 Å². The highest BCUT2D eigenvalue weighted by molar-refractivity contribution is 14.1. The summed E-state index contributed by atoms with van der Waals surface area (Å²) in [6, 6.07) is 12.5. The summed E-state index contributed by atoms with van der Waals surface area (Å²) in [4.78, 5) is 12.1. The van der Waals surface area contributed by atoms with Crippen LogP contribution in [0.1, 0.15) is 10.4 Å². The molecular weight excluding hydrogens is 355 g/mol. The van der Waals surface area contributed by atoms with Crippen LogP contribution in [0.5, 0.6) is 5.75 Å². The molecule has 0 saturated carbocycles. The van der Waals surface area contributed by atoms with E-state index in [2.05, 4.69) is 27.9 Å². The molecule has 0 heterocycles. The van der Waals surface area contributed by atoms with E-state index in [1.165, 1.54) is 7.11 Å². The summed E-state index contributed by atoms with van der Waals surface area (Å²) >= 11 is 2.17. The van der Waals surface area contributed by atoms with Crippen molar-refractivity contribution in [3.8, 4) is 5.75 Å². The molecule has 19 heavy (non-hydrogen) atoms. The fourth-order valence-electron chi connectivity index (χ4n) is 1.63. The quantitative estimate of drug-likeness (QED) is 0.646. The first-order valence-electron chi connectivity index (χ1n) is 5.61. The number of anilines is 2. The van der Waals surface area contributed by atoms with Crippen LogP contribution in [-0.4, -0.2) is 13.0 Å². The number of nitrogens with one attached hydrogen (secondary N) is 1. The Kier molecular flexibility index (Phi) is 4.26. The van der Waals surface area contributed by atoms with Crippen molar-refractivity contribution >= 4 is 39.9 Å². The van der Waals surface area contributed by atoms with Gasteiger partial charge in [0.2, 0.25) is 0 Å². The van der Waals surface area contributed by atoms with Crippen LogP contribution >= 0.6 is 22.6 Å². The molecule has 0 fully saturated rings. The van der Waals surface area contributed by atoms with Gasteiger partial charge >= 0.3 is 0 Å². The summed E-state index contributed by atoms with van der Waals surface area (Å²) in [6.45, 7) is 0. The molecule has 2 rings (SSSR count). The molecule has 0 aromatic heterocycles. The zero-order valence-electron chi connectivity index (χ0n) is 10.3. The van der Waals surface area contributed by atoms with Gasteiger partial charge in [0, 0.05) is 9.13 Å². The predicted octanol–water partition coefficient (Wildman–Crippen LogP) is 3.13. The van der Waals surface area contributed by atoms with Crippen LogP contribution < -0.4 is 15.8 Å². The molecule has 0 aliphatic heterocycles. The van der Waals surface area contributed by atoms with Gasteiger partial charge in [0.05, 0.1) is 18.5 Å². The molecule has 0 bridgehead atoms. The number of rotatable bonds is 3. The smallest absolute Gasteiger partial charge is 0.255 e. The summed E-state index contributed by atoms with van der Waals surface area (Å²) in [5.41, 5.74) is 7.51. The number of amides is 1. The van der Waals surface area contributed by atoms with Crippen molar-refractivity contribution in [1.82, 2.24) is 0 Å². The summed E-state index contributed by atoms with van der Waals surface area (Å²) in [7, 11) is 1.54. The van der Waals surface area contributed by atoms with Crippen LogP contribution in [0.15, 0.2) is 42.5 Å². The van der Waals surface area contributed by atoms with E-state index >= 15 is 0 Å². The van der Waals surface area contributed by atoms with E-state index in [4.69, 9.17) is 10.5 Å². The maximum absolute atomic E-state index is 12.1. The summed E-state index contributed by atoms with van der Waals surface area (Å²) in [5.74, 6) is 0.365.